The number of halogens is 1. The van der Waals surface area contributed by atoms with Crippen molar-refractivity contribution in [1.82, 2.24) is 15.0 Å². The molecule has 3 aromatic carbocycles. The summed E-state index contributed by atoms with van der Waals surface area (Å²) in [6, 6.07) is 15.1. The lowest BCUT2D eigenvalue weighted by Gasteiger charge is -2.21. The molecule has 210 valence electrons. The fourth-order valence-electron chi connectivity index (χ4n) is 4.18. The molecular weight excluding hydrogens is 538 g/mol. The van der Waals surface area contributed by atoms with Gasteiger partial charge >= 0.3 is 0 Å². The smallest absolute Gasteiger partial charge is 0.258 e. The molecule has 1 amide bonds. The zero-order valence-electron chi connectivity index (χ0n) is 22.8. The molecule has 40 heavy (non-hydrogen) atoms. The van der Waals surface area contributed by atoms with Crippen LogP contribution in [0.4, 0.5) is 5.69 Å². The first-order valence-corrected chi connectivity index (χ1v) is 12.5. The third kappa shape index (κ3) is 5.75. The molecular formula is C28H30ClN5O6. The van der Waals surface area contributed by atoms with Gasteiger partial charge in [0.2, 0.25) is 5.75 Å². The van der Waals surface area contributed by atoms with Crippen molar-refractivity contribution in [3.05, 3.63) is 66.4 Å². The minimum atomic E-state index is -0.898. The number of carbonyl (C=O) groups excluding carboxylic acids is 1. The number of anilines is 1. The lowest BCUT2D eigenvalue weighted by molar-refractivity contribution is -0.118. The number of aromatic nitrogens is 3. The van der Waals surface area contributed by atoms with Gasteiger partial charge < -0.3 is 29.4 Å². The van der Waals surface area contributed by atoms with Crippen LogP contribution in [0.1, 0.15) is 5.56 Å². The third-order valence-corrected chi connectivity index (χ3v) is 6.60. The second-order valence-corrected chi connectivity index (χ2v) is 8.92. The summed E-state index contributed by atoms with van der Waals surface area (Å²) < 4.78 is 29.7. The first kappa shape index (κ1) is 28.5. The van der Waals surface area contributed by atoms with Gasteiger partial charge in [0.1, 0.15) is 17.2 Å². The summed E-state index contributed by atoms with van der Waals surface area (Å²) in [5, 5.41) is 8.34. The highest BCUT2D eigenvalue weighted by molar-refractivity contribution is 6.37. The maximum absolute atomic E-state index is 13.2. The second kappa shape index (κ2) is 12.6. The molecule has 11 nitrogen and oxygen atoms in total. The number of rotatable bonds is 11. The molecule has 1 unspecified atom stereocenters. The van der Waals surface area contributed by atoms with E-state index in [0.29, 0.717) is 51.4 Å². The number of nitrogens with two attached hydrogens (primary N) is 1. The first-order chi connectivity index (χ1) is 19.3. The Morgan fingerprint density at radius 2 is 1.55 bits per heavy atom. The van der Waals surface area contributed by atoms with Gasteiger partial charge in [-0.25, -0.2) is 9.10 Å². The second-order valence-electron chi connectivity index (χ2n) is 8.58. The van der Waals surface area contributed by atoms with Crippen LogP contribution in [0, 0.1) is 0 Å². The van der Waals surface area contributed by atoms with Crippen LogP contribution in [0.15, 0.2) is 60.8 Å². The van der Waals surface area contributed by atoms with E-state index in [0.717, 1.165) is 9.98 Å². The fourth-order valence-corrected chi connectivity index (χ4v) is 4.44. The summed E-state index contributed by atoms with van der Waals surface area (Å²) in [7, 11) is 7.68. The van der Waals surface area contributed by atoms with E-state index in [2.05, 4.69) is 10.3 Å². The Hall–Kier alpha value is -4.48. The molecule has 1 atom stereocenters. The van der Waals surface area contributed by atoms with Gasteiger partial charge in [-0.1, -0.05) is 17.3 Å². The Balaban J connectivity index is 1.66. The number of hydrogen-bond donors (Lipinski definition) is 1. The van der Waals surface area contributed by atoms with Gasteiger partial charge in [-0.3, -0.25) is 4.79 Å². The predicted molar refractivity (Wildman–Crippen MR) is 151 cm³/mol. The van der Waals surface area contributed by atoms with Gasteiger partial charge in [0.05, 0.1) is 59.2 Å². The van der Waals surface area contributed by atoms with E-state index in [1.165, 1.54) is 28.4 Å². The largest absolute Gasteiger partial charge is 0.497 e. The zero-order valence-corrected chi connectivity index (χ0v) is 23.5. The number of hydrogen-bond acceptors (Lipinski definition) is 9. The maximum atomic E-state index is 13.2. The van der Waals surface area contributed by atoms with Crippen molar-refractivity contribution < 1.29 is 28.5 Å². The lowest BCUT2D eigenvalue weighted by atomic mass is 10.1. The summed E-state index contributed by atoms with van der Waals surface area (Å²) >= 11 is 6.57. The Labute approximate surface area is 237 Å². The van der Waals surface area contributed by atoms with E-state index in [9.17, 15) is 4.79 Å². The molecule has 0 saturated heterocycles. The van der Waals surface area contributed by atoms with Crippen molar-refractivity contribution in [2.24, 2.45) is 5.73 Å². The van der Waals surface area contributed by atoms with Crippen molar-refractivity contribution in [3.63, 3.8) is 0 Å². The van der Waals surface area contributed by atoms with Gasteiger partial charge in [0.25, 0.3) is 5.91 Å². The highest BCUT2D eigenvalue weighted by Gasteiger charge is 2.25. The van der Waals surface area contributed by atoms with Crippen LogP contribution in [0.5, 0.6) is 28.7 Å². The summed E-state index contributed by atoms with van der Waals surface area (Å²) in [5.74, 6) is 1.96. The Bertz CT molecular complexity index is 1450. The Kier molecular flexibility index (Phi) is 8.97. The normalized spacial score (nSPS) is 11.5. The Morgan fingerprint density at radius 1 is 0.900 bits per heavy atom. The summed E-state index contributed by atoms with van der Waals surface area (Å²) in [5.41, 5.74) is 9.32. The molecule has 0 aliphatic carbocycles. The number of ether oxygens (including phenoxy) is 5. The van der Waals surface area contributed by atoms with Gasteiger partial charge in [-0.15, -0.1) is 5.10 Å². The molecule has 0 fully saturated rings. The summed E-state index contributed by atoms with van der Waals surface area (Å²) in [6.07, 6.45) is 1.87. The molecule has 0 aliphatic rings. The van der Waals surface area contributed by atoms with Crippen LogP contribution < -0.4 is 33.8 Å². The van der Waals surface area contributed by atoms with Crippen LogP contribution in [0.3, 0.4) is 0 Å². The minimum absolute atomic E-state index is 0.284. The average molecular weight is 568 g/mol. The standard InChI is InChI=1S/C28H30ClN5O6/c1-36-20-9-6-17(7-10-20)12-21(30)28(35)33(29)22-13-18(8-11-24(22)37-2)23-16-31-32-34(23)19-14-25(38-3)27(40-5)26(15-19)39-4/h6-11,13-16,21H,12,30H2,1-5H3. The fraction of sp³-hybridized carbons (Fsp3) is 0.250. The number of carbonyl (C=O) groups is 1. The highest BCUT2D eigenvalue weighted by atomic mass is 35.5. The van der Waals surface area contributed by atoms with E-state index in [4.69, 9.17) is 41.2 Å². The molecule has 4 rings (SSSR count). The van der Waals surface area contributed by atoms with Crippen LogP contribution in [0.2, 0.25) is 0 Å². The van der Waals surface area contributed by atoms with Crippen molar-refractivity contribution >= 4 is 23.4 Å². The van der Waals surface area contributed by atoms with Crippen molar-refractivity contribution in [3.8, 4) is 45.7 Å². The number of nitrogens with zero attached hydrogens (tertiary/aromatic N) is 4. The van der Waals surface area contributed by atoms with Gasteiger partial charge in [0.15, 0.2) is 11.5 Å². The minimum Gasteiger partial charge on any atom is -0.497 e. The first-order valence-electron chi connectivity index (χ1n) is 12.1. The highest BCUT2D eigenvalue weighted by Crippen LogP contribution is 2.40. The molecule has 2 N–H and O–H groups in total. The van der Waals surface area contributed by atoms with Gasteiger partial charge in [-0.2, -0.15) is 0 Å². The van der Waals surface area contributed by atoms with Crippen LogP contribution in [-0.4, -0.2) is 62.5 Å². The molecule has 0 saturated carbocycles. The number of methoxy groups -OCH3 is 5. The molecule has 4 aromatic rings. The monoisotopic (exact) mass is 567 g/mol. The molecule has 1 heterocycles. The summed E-state index contributed by atoms with van der Waals surface area (Å²) in [4.78, 5) is 13.2. The molecule has 12 heteroatoms. The average Bonchev–Trinajstić information content (AvgIpc) is 3.49. The number of amides is 1. The van der Waals surface area contributed by atoms with Crippen LogP contribution in [-0.2, 0) is 11.2 Å². The van der Waals surface area contributed by atoms with E-state index < -0.39 is 11.9 Å². The molecule has 0 radical (unpaired) electrons. The molecule has 0 aliphatic heterocycles. The lowest BCUT2D eigenvalue weighted by Crippen LogP contribution is -2.41. The SMILES string of the molecule is COc1ccc(CC(N)C(=O)N(Cl)c2cc(-c3cnnn3-c3cc(OC)c(OC)c(OC)c3)ccc2OC)cc1. The zero-order chi connectivity index (χ0) is 28.8. The van der Waals surface area contributed by atoms with E-state index in [1.54, 1.807) is 42.3 Å². The van der Waals surface area contributed by atoms with E-state index >= 15 is 0 Å². The molecule has 1 aromatic heterocycles. The quantitative estimate of drug-likeness (QED) is 0.267. The van der Waals surface area contributed by atoms with Crippen LogP contribution in [0.25, 0.3) is 16.9 Å². The Morgan fingerprint density at radius 3 is 2.12 bits per heavy atom. The molecule has 0 bridgehead atoms. The maximum Gasteiger partial charge on any atom is 0.258 e. The topological polar surface area (TPSA) is 123 Å². The predicted octanol–water partition coefficient (Wildman–Crippen LogP) is 4.03. The van der Waals surface area contributed by atoms with Crippen molar-refractivity contribution in [1.29, 1.82) is 0 Å². The van der Waals surface area contributed by atoms with E-state index in [-0.39, 0.29) is 6.42 Å². The number of benzene rings is 3. The third-order valence-electron chi connectivity index (χ3n) is 6.25. The van der Waals surface area contributed by atoms with Crippen molar-refractivity contribution in [2.75, 3.05) is 40.0 Å². The van der Waals surface area contributed by atoms with Crippen molar-refractivity contribution in [2.45, 2.75) is 12.5 Å². The van der Waals surface area contributed by atoms with Gasteiger partial charge in [-0.05, 0) is 42.3 Å². The van der Waals surface area contributed by atoms with Crippen LogP contribution >= 0.6 is 11.8 Å². The summed E-state index contributed by atoms with van der Waals surface area (Å²) in [6.45, 7) is 0. The van der Waals surface area contributed by atoms with E-state index in [1.807, 2.05) is 30.3 Å². The van der Waals surface area contributed by atoms with Gasteiger partial charge in [0, 0.05) is 29.5 Å². The molecule has 0 spiro atoms.